The molecule has 21 heavy (non-hydrogen) atoms. The van der Waals surface area contributed by atoms with E-state index in [-0.39, 0.29) is 5.69 Å². The molecule has 0 aliphatic heterocycles. The summed E-state index contributed by atoms with van der Waals surface area (Å²) in [5, 5.41) is 3.36. The van der Waals surface area contributed by atoms with Crippen LogP contribution in [0.4, 0.5) is 14.5 Å². The minimum absolute atomic E-state index is 0.187. The fourth-order valence-electron chi connectivity index (χ4n) is 2.06. The van der Waals surface area contributed by atoms with E-state index < -0.39 is 17.5 Å². The number of hydrogen-bond donors (Lipinski definition) is 1. The molecule has 0 atom stereocenters. The Labute approximate surface area is 119 Å². The predicted octanol–water partition coefficient (Wildman–Crippen LogP) is 3.77. The first-order valence-electron chi connectivity index (χ1n) is 6.25. The number of para-hydroxylation sites is 1. The van der Waals surface area contributed by atoms with Crippen LogP contribution in [-0.4, -0.2) is 10.9 Å². The van der Waals surface area contributed by atoms with Crippen molar-refractivity contribution in [2.45, 2.75) is 0 Å². The number of carbonyl (C=O) groups excluding carboxylic acids is 1. The van der Waals surface area contributed by atoms with Crippen molar-refractivity contribution in [3.05, 3.63) is 71.9 Å². The molecule has 104 valence electrons. The summed E-state index contributed by atoms with van der Waals surface area (Å²) in [6, 6.07) is 12.0. The van der Waals surface area contributed by atoms with Crippen molar-refractivity contribution in [2.75, 3.05) is 5.32 Å². The van der Waals surface area contributed by atoms with Gasteiger partial charge in [-0.3, -0.25) is 9.78 Å². The zero-order chi connectivity index (χ0) is 14.8. The Balaban J connectivity index is 1.95. The molecule has 5 heteroatoms. The Morgan fingerprint density at radius 2 is 1.81 bits per heavy atom. The molecule has 0 spiro atoms. The van der Waals surface area contributed by atoms with Crippen LogP contribution in [-0.2, 0) is 0 Å². The average molecular weight is 284 g/mol. The van der Waals surface area contributed by atoms with Gasteiger partial charge in [0.1, 0.15) is 0 Å². The molecule has 0 saturated heterocycles. The molecule has 3 aromatic rings. The first-order valence-corrected chi connectivity index (χ1v) is 6.25. The number of rotatable bonds is 2. The van der Waals surface area contributed by atoms with Gasteiger partial charge in [-0.25, -0.2) is 8.78 Å². The lowest BCUT2D eigenvalue weighted by Gasteiger charge is -2.07. The number of benzene rings is 2. The van der Waals surface area contributed by atoms with Gasteiger partial charge in [0.05, 0.1) is 11.1 Å². The summed E-state index contributed by atoms with van der Waals surface area (Å²) in [4.78, 5) is 16.4. The van der Waals surface area contributed by atoms with E-state index >= 15 is 0 Å². The maximum atomic E-state index is 13.1. The summed E-state index contributed by atoms with van der Waals surface area (Å²) in [5.41, 5.74) is 1.12. The van der Waals surface area contributed by atoms with Crippen LogP contribution in [0.15, 0.2) is 54.7 Å². The number of halogens is 2. The number of anilines is 1. The Morgan fingerprint density at radius 1 is 1.00 bits per heavy atom. The van der Waals surface area contributed by atoms with Gasteiger partial charge in [0, 0.05) is 23.3 Å². The summed E-state index contributed by atoms with van der Waals surface area (Å²) < 4.78 is 26.0. The van der Waals surface area contributed by atoms with Crippen LogP contribution < -0.4 is 5.32 Å². The van der Waals surface area contributed by atoms with Gasteiger partial charge in [0.15, 0.2) is 11.6 Å². The maximum absolute atomic E-state index is 13.1. The molecule has 0 aliphatic rings. The third-order valence-corrected chi connectivity index (χ3v) is 3.05. The number of nitrogens with one attached hydrogen (secondary N) is 1. The zero-order valence-corrected chi connectivity index (χ0v) is 10.8. The van der Waals surface area contributed by atoms with Crippen LogP contribution in [0.2, 0.25) is 0 Å². The Morgan fingerprint density at radius 3 is 2.62 bits per heavy atom. The second kappa shape index (κ2) is 5.28. The number of fused-ring (bicyclic) bond motifs is 1. The van der Waals surface area contributed by atoms with Crippen LogP contribution in [0, 0.1) is 11.6 Å². The Bertz CT molecular complexity index is 828. The van der Waals surface area contributed by atoms with Crippen molar-refractivity contribution in [1.82, 2.24) is 4.98 Å². The van der Waals surface area contributed by atoms with E-state index in [4.69, 9.17) is 0 Å². The van der Waals surface area contributed by atoms with Gasteiger partial charge in [0.2, 0.25) is 0 Å². The Hall–Kier alpha value is -2.82. The fraction of sp³-hybridized carbons (Fsp3) is 0. The summed E-state index contributed by atoms with van der Waals surface area (Å²) in [6.07, 6.45) is 1.59. The monoisotopic (exact) mass is 284 g/mol. The fourth-order valence-corrected chi connectivity index (χ4v) is 2.06. The van der Waals surface area contributed by atoms with Crippen molar-refractivity contribution < 1.29 is 13.6 Å². The smallest absolute Gasteiger partial charge is 0.257 e. The summed E-state index contributed by atoms with van der Waals surface area (Å²) in [7, 11) is 0. The molecule has 1 heterocycles. The quantitative estimate of drug-likeness (QED) is 0.778. The minimum Gasteiger partial charge on any atom is -0.322 e. The van der Waals surface area contributed by atoms with Crippen molar-refractivity contribution in [3.8, 4) is 0 Å². The van der Waals surface area contributed by atoms with E-state index in [0.717, 1.165) is 17.5 Å². The van der Waals surface area contributed by atoms with Gasteiger partial charge in [-0.05, 0) is 24.3 Å². The highest BCUT2D eigenvalue weighted by Crippen LogP contribution is 2.19. The summed E-state index contributed by atoms with van der Waals surface area (Å²) in [5.74, 6) is -2.39. The summed E-state index contributed by atoms with van der Waals surface area (Å²) in [6.45, 7) is 0. The van der Waals surface area contributed by atoms with Crippen molar-refractivity contribution in [3.63, 3.8) is 0 Å². The Kier molecular flexibility index (Phi) is 3.31. The molecular weight excluding hydrogens is 274 g/mol. The molecule has 1 N–H and O–H groups in total. The highest BCUT2D eigenvalue weighted by molar-refractivity contribution is 6.11. The van der Waals surface area contributed by atoms with E-state index in [0.29, 0.717) is 11.1 Å². The molecule has 0 bridgehead atoms. The lowest BCUT2D eigenvalue weighted by molar-refractivity contribution is 0.102. The van der Waals surface area contributed by atoms with Gasteiger partial charge < -0.3 is 5.32 Å². The molecule has 1 aromatic heterocycles. The predicted molar refractivity (Wildman–Crippen MR) is 76.1 cm³/mol. The molecule has 0 radical (unpaired) electrons. The van der Waals surface area contributed by atoms with Gasteiger partial charge in [-0.15, -0.1) is 0 Å². The average Bonchev–Trinajstić information content (AvgIpc) is 2.50. The molecule has 2 aromatic carbocycles. The summed E-state index contributed by atoms with van der Waals surface area (Å²) >= 11 is 0. The highest BCUT2D eigenvalue weighted by atomic mass is 19.2. The normalized spacial score (nSPS) is 10.6. The molecule has 0 fully saturated rings. The second-order valence-corrected chi connectivity index (χ2v) is 4.46. The molecule has 1 amide bonds. The molecule has 3 rings (SSSR count). The van der Waals surface area contributed by atoms with E-state index in [2.05, 4.69) is 10.3 Å². The van der Waals surface area contributed by atoms with Crippen LogP contribution in [0.1, 0.15) is 10.4 Å². The molecule has 0 aliphatic carbocycles. The topological polar surface area (TPSA) is 42.0 Å². The lowest BCUT2D eigenvalue weighted by atomic mass is 10.1. The number of nitrogens with zero attached hydrogens (tertiary/aromatic N) is 1. The number of aromatic nitrogens is 1. The van der Waals surface area contributed by atoms with E-state index in [1.54, 1.807) is 24.4 Å². The van der Waals surface area contributed by atoms with Gasteiger partial charge in [0.25, 0.3) is 5.91 Å². The van der Waals surface area contributed by atoms with Crippen LogP contribution >= 0.6 is 0 Å². The highest BCUT2D eigenvalue weighted by Gasteiger charge is 2.12. The molecule has 0 saturated carbocycles. The van der Waals surface area contributed by atoms with E-state index in [1.807, 2.05) is 12.1 Å². The molecular formula is C16H10F2N2O. The van der Waals surface area contributed by atoms with Gasteiger partial charge in [-0.2, -0.15) is 0 Å². The van der Waals surface area contributed by atoms with Crippen LogP contribution in [0.5, 0.6) is 0 Å². The van der Waals surface area contributed by atoms with Gasteiger partial charge in [-0.1, -0.05) is 18.2 Å². The lowest BCUT2D eigenvalue weighted by Crippen LogP contribution is -2.13. The van der Waals surface area contributed by atoms with Crippen molar-refractivity contribution >= 4 is 22.5 Å². The largest absolute Gasteiger partial charge is 0.322 e. The second-order valence-electron chi connectivity index (χ2n) is 4.46. The van der Waals surface area contributed by atoms with E-state index in [9.17, 15) is 13.6 Å². The molecule has 0 unspecified atom stereocenters. The van der Waals surface area contributed by atoms with Crippen molar-refractivity contribution in [1.29, 1.82) is 0 Å². The standard InChI is InChI=1S/C16H10F2N2O/c17-13-7-6-11(9-14(13)18)20-16(21)12-5-1-3-10-4-2-8-19-15(10)12/h1-9H,(H,20,21). The van der Waals surface area contributed by atoms with Crippen LogP contribution in [0.3, 0.4) is 0 Å². The zero-order valence-electron chi connectivity index (χ0n) is 10.8. The van der Waals surface area contributed by atoms with Crippen molar-refractivity contribution in [2.24, 2.45) is 0 Å². The SMILES string of the molecule is O=C(Nc1ccc(F)c(F)c1)c1cccc2cccnc12. The molecule has 3 nitrogen and oxygen atoms in total. The number of pyridine rings is 1. The third-order valence-electron chi connectivity index (χ3n) is 3.05. The van der Waals surface area contributed by atoms with E-state index in [1.165, 1.54) is 6.07 Å². The first kappa shape index (κ1) is 13.2. The van der Waals surface area contributed by atoms with Crippen LogP contribution in [0.25, 0.3) is 10.9 Å². The first-order chi connectivity index (χ1) is 10.1. The third kappa shape index (κ3) is 2.58. The maximum Gasteiger partial charge on any atom is 0.257 e. The number of hydrogen-bond acceptors (Lipinski definition) is 2. The van der Waals surface area contributed by atoms with Gasteiger partial charge >= 0.3 is 0 Å². The number of amides is 1. The minimum atomic E-state index is -1.01. The number of carbonyl (C=O) groups is 1.